The van der Waals surface area contributed by atoms with E-state index >= 15 is 0 Å². The minimum absolute atomic E-state index is 0.567. The molecule has 98 valence electrons. The van der Waals surface area contributed by atoms with Crippen LogP contribution in [0.1, 0.15) is 38.1 Å². The lowest BCUT2D eigenvalue weighted by atomic mass is 10.2. The molecule has 0 spiro atoms. The molecule has 0 N–H and O–H groups in total. The van der Waals surface area contributed by atoms with Gasteiger partial charge < -0.3 is 4.57 Å². The normalized spacial score (nSPS) is 10.4. The van der Waals surface area contributed by atoms with E-state index in [1.54, 1.807) is 0 Å². The Balaban J connectivity index is 2.53. The predicted molar refractivity (Wildman–Crippen MR) is 76.7 cm³/mol. The van der Waals surface area contributed by atoms with Crippen molar-refractivity contribution in [3.05, 3.63) is 41.7 Å². The van der Waals surface area contributed by atoms with Crippen LogP contribution in [0.15, 0.2) is 30.3 Å². The molecule has 0 aliphatic rings. The van der Waals surface area contributed by atoms with Crippen LogP contribution < -0.4 is 0 Å². The van der Waals surface area contributed by atoms with Crippen molar-refractivity contribution in [3.8, 4) is 17.5 Å². The molecule has 0 saturated carbocycles. The average molecular weight is 253 g/mol. The van der Waals surface area contributed by atoms with Crippen molar-refractivity contribution in [2.24, 2.45) is 0 Å². The lowest BCUT2D eigenvalue weighted by molar-refractivity contribution is 0.616. The fourth-order valence-corrected chi connectivity index (χ4v) is 2.30. The topological polar surface area (TPSA) is 41.6 Å². The monoisotopic (exact) mass is 253 g/mol. The molecule has 0 unspecified atom stereocenters. The molecule has 0 amide bonds. The lowest BCUT2D eigenvalue weighted by Gasteiger charge is -2.10. The van der Waals surface area contributed by atoms with Crippen molar-refractivity contribution in [3.63, 3.8) is 0 Å². The Morgan fingerprint density at radius 2 is 1.95 bits per heavy atom. The molecular weight excluding hydrogens is 234 g/mol. The van der Waals surface area contributed by atoms with Crippen LogP contribution in [0.2, 0.25) is 0 Å². The van der Waals surface area contributed by atoms with E-state index in [1.807, 2.05) is 30.3 Å². The second kappa shape index (κ2) is 6.19. The van der Waals surface area contributed by atoms with Crippen molar-refractivity contribution in [1.29, 1.82) is 5.26 Å². The number of aromatic nitrogens is 2. The van der Waals surface area contributed by atoms with Gasteiger partial charge in [-0.3, -0.25) is 0 Å². The highest BCUT2D eigenvalue weighted by atomic mass is 15.1. The van der Waals surface area contributed by atoms with Crippen molar-refractivity contribution in [2.45, 2.75) is 39.7 Å². The van der Waals surface area contributed by atoms with Gasteiger partial charge in [-0.25, -0.2) is 4.98 Å². The first-order valence-corrected chi connectivity index (χ1v) is 6.86. The van der Waals surface area contributed by atoms with Crippen molar-refractivity contribution in [1.82, 2.24) is 9.55 Å². The third kappa shape index (κ3) is 2.68. The maximum Gasteiger partial charge on any atom is 0.162 e. The molecule has 19 heavy (non-hydrogen) atoms. The van der Waals surface area contributed by atoms with E-state index in [9.17, 15) is 5.26 Å². The lowest BCUT2D eigenvalue weighted by Crippen LogP contribution is -2.05. The van der Waals surface area contributed by atoms with Crippen LogP contribution >= 0.6 is 0 Å². The molecule has 3 heteroatoms. The molecule has 2 aromatic rings. The highest BCUT2D eigenvalue weighted by molar-refractivity contribution is 5.58. The summed E-state index contributed by atoms with van der Waals surface area (Å²) in [6, 6.07) is 12.3. The molecule has 3 nitrogen and oxygen atoms in total. The number of nitriles is 1. The molecule has 1 aromatic carbocycles. The molecule has 1 heterocycles. The van der Waals surface area contributed by atoms with E-state index in [0.29, 0.717) is 5.69 Å². The van der Waals surface area contributed by atoms with Crippen LogP contribution in [0.4, 0.5) is 0 Å². The van der Waals surface area contributed by atoms with Gasteiger partial charge >= 0.3 is 0 Å². The Labute approximate surface area is 114 Å². The minimum Gasteiger partial charge on any atom is -0.327 e. The van der Waals surface area contributed by atoms with Gasteiger partial charge in [-0.1, -0.05) is 50.6 Å². The predicted octanol–water partition coefficient (Wildman–Crippen LogP) is 3.78. The van der Waals surface area contributed by atoms with Crippen molar-refractivity contribution in [2.75, 3.05) is 0 Å². The summed E-state index contributed by atoms with van der Waals surface area (Å²) in [7, 11) is 0. The number of benzene rings is 1. The summed E-state index contributed by atoms with van der Waals surface area (Å²) < 4.78 is 2.21. The summed E-state index contributed by atoms with van der Waals surface area (Å²) in [4.78, 5) is 4.52. The number of unbranched alkanes of at least 4 members (excludes halogenated alkanes) is 1. The number of rotatable bonds is 5. The first-order chi connectivity index (χ1) is 9.31. The van der Waals surface area contributed by atoms with Crippen LogP contribution in [0.25, 0.3) is 11.4 Å². The molecule has 0 aliphatic carbocycles. The summed E-state index contributed by atoms with van der Waals surface area (Å²) in [6.07, 6.45) is 3.08. The largest absolute Gasteiger partial charge is 0.327 e. The Morgan fingerprint density at radius 1 is 1.21 bits per heavy atom. The Hall–Kier alpha value is -2.08. The molecule has 0 radical (unpaired) electrons. The second-order valence-electron chi connectivity index (χ2n) is 4.57. The van der Waals surface area contributed by atoms with E-state index in [2.05, 4.69) is 29.5 Å². The third-order valence-electron chi connectivity index (χ3n) is 3.28. The van der Waals surface area contributed by atoms with Gasteiger partial charge in [0.15, 0.2) is 5.69 Å². The maximum absolute atomic E-state index is 9.23. The fourth-order valence-electron chi connectivity index (χ4n) is 2.30. The van der Waals surface area contributed by atoms with E-state index in [-0.39, 0.29) is 0 Å². The van der Waals surface area contributed by atoms with Crippen molar-refractivity contribution >= 4 is 0 Å². The zero-order valence-corrected chi connectivity index (χ0v) is 11.6. The third-order valence-corrected chi connectivity index (χ3v) is 3.28. The zero-order valence-electron chi connectivity index (χ0n) is 11.6. The van der Waals surface area contributed by atoms with E-state index in [0.717, 1.165) is 42.9 Å². The molecule has 0 saturated heterocycles. The van der Waals surface area contributed by atoms with Crippen LogP contribution in [0, 0.1) is 11.3 Å². The van der Waals surface area contributed by atoms with E-state index < -0.39 is 0 Å². The standard InChI is InChI=1S/C16H19N3/c1-3-5-11-19-15(4-2)14(12-17)18-16(19)13-9-7-6-8-10-13/h6-10H,3-5,11H2,1-2H3. The number of imidazole rings is 1. The molecule has 0 aliphatic heterocycles. The smallest absolute Gasteiger partial charge is 0.162 e. The van der Waals surface area contributed by atoms with Gasteiger partial charge in [0, 0.05) is 12.1 Å². The summed E-state index contributed by atoms with van der Waals surface area (Å²) >= 11 is 0. The van der Waals surface area contributed by atoms with Gasteiger partial charge in [0.1, 0.15) is 11.9 Å². The van der Waals surface area contributed by atoms with E-state index in [4.69, 9.17) is 0 Å². The summed E-state index contributed by atoms with van der Waals surface area (Å²) in [5.74, 6) is 0.919. The maximum atomic E-state index is 9.23. The Kier molecular flexibility index (Phi) is 4.35. The highest BCUT2D eigenvalue weighted by Crippen LogP contribution is 2.23. The summed E-state index contributed by atoms with van der Waals surface area (Å²) in [6.45, 7) is 5.18. The molecule has 2 rings (SSSR count). The molecule has 0 fully saturated rings. The first kappa shape index (κ1) is 13.4. The van der Waals surface area contributed by atoms with Gasteiger partial charge in [-0.05, 0) is 12.8 Å². The van der Waals surface area contributed by atoms with Crippen molar-refractivity contribution < 1.29 is 0 Å². The van der Waals surface area contributed by atoms with Gasteiger partial charge in [-0.2, -0.15) is 5.26 Å². The summed E-state index contributed by atoms with van der Waals surface area (Å²) in [5, 5.41) is 9.23. The molecule has 0 bridgehead atoms. The van der Waals surface area contributed by atoms with Gasteiger partial charge in [0.2, 0.25) is 0 Å². The highest BCUT2D eigenvalue weighted by Gasteiger charge is 2.16. The molecule has 0 atom stereocenters. The fraction of sp³-hybridized carbons (Fsp3) is 0.375. The SMILES string of the molecule is CCCCn1c(-c2ccccc2)nc(C#N)c1CC. The van der Waals surface area contributed by atoms with E-state index in [1.165, 1.54) is 0 Å². The Bertz CT molecular complexity index is 576. The van der Waals surface area contributed by atoms with Gasteiger partial charge in [-0.15, -0.1) is 0 Å². The first-order valence-electron chi connectivity index (χ1n) is 6.86. The van der Waals surface area contributed by atoms with Gasteiger partial charge in [0.05, 0.1) is 5.69 Å². The second-order valence-corrected chi connectivity index (χ2v) is 4.57. The minimum atomic E-state index is 0.567. The van der Waals surface area contributed by atoms with Gasteiger partial charge in [0.25, 0.3) is 0 Å². The number of hydrogen-bond acceptors (Lipinski definition) is 2. The Morgan fingerprint density at radius 3 is 2.53 bits per heavy atom. The van der Waals surface area contributed by atoms with Crippen LogP contribution in [0.3, 0.4) is 0 Å². The number of hydrogen-bond donors (Lipinski definition) is 0. The molecule has 1 aromatic heterocycles. The molecular formula is C16H19N3. The quantitative estimate of drug-likeness (QED) is 0.813. The number of nitrogens with zero attached hydrogens (tertiary/aromatic N) is 3. The summed E-state index contributed by atoms with van der Waals surface area (Å²) in [5.41, 5.74) is 2.70. The van der Waals surface area contributed by atoms with Crippen LogP contribution in [-0.2, 0) is 13.0 Å². The van der Waals surface area contributed by atoms with Crippen LogP contribution in [-0.4, -0.2) is 9.55 Å². The van der Waals surface area contributed by atoms with Crippen LogP contribution in [0.5, 0.6) is 0 Å². The zero-order chi connectivity index (χ0) is 13.7. The average Bonchev–Trinajstić information content (AvgIpc) is 2.83.